The largest absolute Gasteiger partial charge is 0.478 e. The fourth-order valence-electron chi connectivity index (χ4n) is 1.34. The molecule has 0 aromatic heterocycles. The van der Waals surface area contributed by atoms with Gasteiger partial charge in [0.25, 0.3) is 0 Å². The fraction of sp³-hybridized carbons (Fsp3) is 0.167. The lowest BCUT2D eigenvalue weighted by atomic mass is 10.0. The highest BCUT2D eigenvalue weighted by molar-refractivity contribution is 5.97. The molecule has 1 aromatic rings. The van der Waals surface area contributed by atoms with Gasteiger partial charge in [-0.15, -0.1) is 0 Å². The average molecular weight is 235 g/mol. The van der Waals surface area contributed by atoms with Crippen LogP contribution in [0.1, 0.15) is 22.3 Å². The molecule has 0 saturated heterocycles. The number of carboxylic acids is 1. The molecule has 0 bridgehead atoms. The van der Waals surface area contributed by atoms with Gasteiger partial charge in [-0.2, -0.15) is 0 Å². The first-order valence-electron chi connectivity index (χ1n) is 4.91. The number of aromatic carboxylic acids is 1. The molecule has 0 heterocycles. The topological polar surface area (TPSA) is 89.6 Å². The molecule has 1 aromatic carbocycles. The number of hydrogen-bond acceptors (Lipinski definition) is 4. The zero-order valence-electron chi connectivity index (χ0n) is 9.34. The number of nitrogen functional groups attached to an aromatic ring is 1. The van der Waals surface area contributed by atoms with Crippen LogP contribution in [-0.2, 0) is 9.53 Å². The van der Waals surface area contributed by atoms with Gasteiger partial charge >= 0.3 is 11.9 Å². The molecular weight excluding hydrogens is 222 g/mol. The number of benzene rings is 1. The van der Waals surface area contributed by atoms with E-state index in [-0.39, 0.29) is 23.6 Å². The highest BCUT2D eigenvalue weighted by Gasteiger charge is 2.11. The van der Waals surface area contributed by atoms with Gasteiger partial charge in [-0.25, -0.2) is 4.79 Å². The summed E-state index contributed by atoms with van der Waals surface area (Å²) >= 11 is 0. The number of hydrogen-bond donors (Lipinski definition) is 2. The van der Waals surface area contributed by atoms with Gasteiger partial charge in [-0.3, -0.25) is 4.79 Å². The summed E-state index contributed by atoms with van der Waals surface area (Å²) in [5.41, 5.74) is 6.26. The SMILES string of the molecule is COC(=O)CC=Cc1cccc(N)c1C(=O)O. The third-order valence-corrected chi connectivity index (χ3v) is 2.15. The lowest BCUT2D eigenvalue weighted by Gasteiger charge is -2.04. The van der Waals surface area contributed by atoms with E-state index < -0.39 is 5.97 Å². The molecule has 0 unspecified atom stereocenters. The maximum atomic E-state index is 11.0. The minimum Gasteiger partial charge on any atom is -0.478 e. The number of carbonyl (C=O) groups is 2. The van der Waals surface area contributed by atoms with E-state index in [1.807, 2.05) is 0 Å². The molecular formula is C12H13NO4. The van der Waals surface area contributed by atoms with E-state index >= 15 is 0 Å². The molecule has 0 amide bonds. The average Bonchev–Trinajstić information content (AvgIpc) is 2.28. The molecule has 5 nitrogen and oxygen atoms in total. The summed E-state index contributed by atoms with van der Waals surface area (Å²) in [7, 11) is 1.29. The highest BCUT2D eigenvalue weighted by atomic mass is 16.5. The van der Waals surface area contributed by atoms with Crippen molar-refractivity contribution in [3.8, 4) is 0 Å². The van der Waals surface area contributed by atoms with Gasteiger partial charge in [-0.05, 0) is 11.6 Å². The summed E-state index contributed by atoms with van der Waals surface area (Å²) < 4.78 is 4.46. The first-order valence-corrected chi connectivity index (χ1v) is 4.91. The maximum absolute atomic E-state index is 11.0. The molecule has 0 atom stereocenters. The van der Waals surface area contributed by atoms with E-state index in [1.165, 1.54) is 25.3 Å². The second-order valence-electron chi connectivity index (χ2n) is 3.30. The van der Waals surface area contributed by atoms with E-state index in [1.54, 1.807) is 12.1 Å². The molecule has 0 saturated carbocycles. The first-order chi connectivity index (χ1) is 8.06. The normalized spacial score (nSPS) is 10.4. The number of carboxylic acid groups (broad SMARTS) is 1. The van der Waals surface area contributed by atoms with Gasteiger partial charge in [0.05, 0.1) is 19.1 Å². The molecule has 0 radical (unpaired) electrons. The first kappa shape index (κ1) is 12.8. The van der Waals surface area contributed by atoms with Gasteiger partial charge in [-0.1, -0.05) is 24.3 Å². The number of methoxy groups -OCH3 is 1. The summed E-state index contributed by atoms with van der Waals surface area (Å²) in [5.74, 6) is -1.48. The Bertz CT molecular complexity index is 466. The van der Waals surface area contributed by atoms with Crippen molar-refractivity contribution in [2.75, 3.05) is 12.8 Å². The third kappa shape index (κ3) is 3.34. The zero-order valence-corrected chi connectivity index (χ0v) is 9.34. The van der Waals surface area contributed by atoms with Crippen LogP contribution in [0.3, 0.4) is 0 Å². The van der Waals surface area contributed by atoms with Gasteiger partial charge < -0.3 is 15.6 Å². The Labute approximate surface area is 98.5 Å². The second kappa shape index (κ2) is 5.69. The van der Waals surface area contributed by atoms with Crippen LogP contribution in [0.25, 0.3) is 6.08 Å². The van der Waals surface area contributed by atoms with Crippen molar-refractivity contribution >= 4 is 23.7 Å². The zero-order chi connectivity index (χ0) is 12.8. The van der Waals surface area contributed by atoms with Crippen LogP contribution in [-0.4, -0.2) is 24.2 Å². The quantitative estimate of drug-likeness (QED) is 0.610. The fourth-order valence-corrected chi connectivity index (χ4v) is 1.34. The van der Waals surface area contributed by atoms with E-state index in [2.05, 4.69) is 4.74 Å². The molecule has 0 fully saturated rings. The smallest absolute Gasteiger partial charge is 0.338 e. The highest BCUT2D eigenvalue weighted by Crippen LogP contribution is 2.18. The number of esters is 1. The molecule has 3 N–H and O–H groups in total. The standard InChI is InChI=1S/C12H13NO4/c1-17-10(14)7-3-5-8-4-2-6-9(13)11(8)12(15)16/h2-6H,7,13H2,1H3,(H,15,16). The Morgan fingerprint density at radius 2 is 2.18 bits per heavy atom. The summed E-state index contributed by atoms with van der Waals surface area (Å²) in [4.78, 5) is 21.9. The summed E-state index contributed by atoms with van der Waals surface area (Å²) in [6, 6.07) is 4.79. The lowest BCUT2D eigenvalue weighted by molar-refractivity contribution is -0.139. The Morgan fingerprint density at radius 1 is 1.47 bits per heavy atom. The van der Waals surface area contributed by atoms with Crippen molar-refractivity contribution in [1.29, 1.82) is 0 Å². The van der Waals surface area contributed by atoms with E-state index in [0.29, 0.717) is 5.56 Å². The Morgan fingerprint density at radius 3 is 2.76 bits per heavy atom. The van der Waals surface area contributed by atoms with Crippen LogP contribution in [0.4, 0.5) is 5.69 Å². The van der Waals surface area contributed by atoms with Crippen molar-refractivity contribution in [3.05, 3.63) is 35.4 Å². The Kier molecular flexibility index (Phi) is 4.28. The summed E-state index contributed by atoms with van der Waals surface area (Å²) in [6.45, 7) is 0. The molecule has 0 spiro atoms. The summed E-state index contributed by atoms with van der Waals surface area (Å²) in [6.07, 6.45) is 3.16. The minimum absolute atomic E-state index is 0.0358. The van der Waals surface area contributed by atoms with Crippen molar-refractivity contribution in [2.45, 2.75) is 6.42 Å². The molecule has 1 rings (SSSR count). The second-order valence-corrected chi connectivity index (χ2v) is 3.30. The van der Waals surface area contributed by atoms with Crippen LogP contribution < -0.4 is 5.73 Å². The van der Waals surface area contributed by atoms with Crippen molar-refractivity contribution in [3.63, 3.8) is 0 Å². The Balaban J connectivity index is 2.95. The Hall–Kier alpha value is -2.30. The number of ether oxygens (including phenoxy) is 1. The number of carbonyl (C=O) groups excluding carboxylic acids is 1. The molecule has 90 valence electrons. The predicted octanol–water partition coefficient (Wildman–Crippen LogP) is 1.54. The monoisotopic (exact) mass is 235 g/mol. The van der Waals surface area contributed by atoms with Crippen molar-refractivity contribution in [1.82, 2.24) is 0 Å². The number of anilines is 1. The molecule has 17 heavy (non-hydrogen) atoms. The third-order valence-electron chi connectivity index (χ3n) is 2.15. The summed E-state index contributed by atoms with van der Waals surface area (Å²) in [5, 5.41) is 9.00. The van der Waals surface area contributed by atoms with Crippen LogP contribution >= 0.6 is 0 Å². The van der Waals surface area contributed by atoms with Crippen LogP contribution in [0, 0.1) is 0 Å². The molecule has 0 aliphatic carbocycles. The van der Waals surface area contributed by atoms with E-state index in [0.717, 1.165) is 0 Å². The van der Waals surface area contributed by atoms with Crippen LogP contribution in [0.5, 0.6) is 0 Å². The number of rotatable bonds is 4. The molecule has 0 aliphatic heterocycles. The van der Waals surface area contributed by atoms with Gasteiger partial charge in [0.2, 0.25) is 0 Å². The molecule has 5 heteroatoms. The van der Waals surface area contributed by atoms with Crippen LogP contribution in [0.15, 0.2) is 24.3 Å². The van der Waals surface area contributed by atoms with Gasteiger partial charge in [0, 0.05) is 5.69 Å². The number of nitrogens with two attached hydrogens (primary N) is 1. The van der Waals surface area contributed by atoms with Gasteiger partial charge in [0.15, 0.2) is 0 Å². The van der Waals surface area contributed by atoms with Crippen LogP contribution in [0.2, 0.25) is 0 Å². The lowest BCUT2D eigenvalue weighted by Crippen LogP contribution is -2.04. The predicted molar refractivity (Wildman–Crippen MR) is 63.5 cm³/mol. The van der Waals surface area contributed by atoms with E-state index in [9.17, 15) is 9.59 Å². The van der Waals surface area contributed by atoms with E-state index in [4.69, 9.17) is 10.8 Å². The molecule has 0 aliphatic rings. The van der Waals surface area contributed by atoms with Crippen molar-refractivity contribution < 1.29 is 19.4 Å². The van der Waals surface area contributed by atoms with Gasteiger partial charge in [0.1, 0.15) is 0 Å². The van der Waals surface area contributed by atoms with Crippen molar-refractivity contribution in [2.24, 2.45) is 0 Å². The maximum Gasteiger partial charge on any atom is 0.338 e. The minimum atomic E-state index is -1.10.